The van der Waals surface area contributed by atoms with Crippen molar-refractivity contribution in [2.45, 2.75) is 32.7 Å². The van der Waals surface area contributed by atoms with E-state index in [4.69, 9.17) is 0 Å². The van der Waals surface area contributed by atoms with Crippen LogP contribution in [0.2, 0.25) is 0 Å². The SMILES string of the molecule is Cc1cccc(NC(=O)CCC2NC(=O)c3ccccc3NC2=O)c1C. The average molecular weight is 351 g/mol. The van der Waals surface area contributed by atoms with Gasteiger partial charge in [-0.05, 0) is 49.6 Å². The van der Waals surface area contributed by atoms with Crippen molar-refractivity contribution in [2.75, 3.05) is 10.6 Å². The van der Waals surface area contributed by atoms with E-state index in [0.717, 1.165) is 16.8 Å². The molecule has 0 radical (unpaired) electrons. The van der Waals surface area contributed by atoms with Crippen molar-refractivity contribution in [3.8, 4) is 0 Å². The molecule has 1 heterocycles. The average Bonchev–Trinajstić information content (AvgIpc) is 2.74. The fraction of sp³-hybridized carbons (Fsp3) is 0.250. The molecule has 0 aliphatic carbocycles. The molecule has 0 spiro atoms. The maximum Gasteiger partial charge on any atom is 0.254 e. The molecule has 0 saturated carbocycles. The van der Waals surface area contributed by atoms with Crippen molar-refractivity contribution in [3.63, 3.8) is 0 Å². The first-order valence-electron chi connectivity index (χ1n) is 8.52. The number of hydrogen-bond acceptors (Lipinski definition) is 3. The van der Waals surface area contributed by atoms with Gasteiger partial charge in [-0.3, -0.25) is 14.4 Å². The van der Waals surface area contributed by atoms with E-state index in [1.807, 2.05) is 32.0 Å². The Labute approximate surface area is 152 Å². The predicted octanol–water partition coefficient (Wildman–Crippen LogP) is 2.77. The van der Waals surface area contributed by atoms with Crippen molar-refractivity contribution in [1.82, 2.24) is 5.32 Å². The number of hydrogen-bond donors (Lipinski definition) is 3. The minimum Gasteiger partial charge on any atom is -0.340 e. The summed E-state index contributed by atoms with van der Waals surface area (Å²) in [5.74, 6) is -0.829. The number of benzene rings is 2. The van der Waals surface area contributed by atoms with Crippen LogP contribution in [0.4, 0.5) is 11.4 Å². The van der Waals surface area contributed by atoms with Crippen molar-refractivity contribution < 1.29 is 14.4 Å². The molecule has 0 aromatic heterocycles. The van der Waals surface area contributed by atoms with E-state index in [2.05, 4.69) is 16.0 Å². The van der Waals surface area contributed by atoms with E-state index in [9.17, 15) is 14.4 Å². The molecule has 3 N–H and O–H groups in total. The lowest BCUT2D eigenvalue weighted by atomic mass is 10.1. The van der Waals surface area contributed by atoms with Gasteiger partial charge in [0, 0.05) is 12.1 Å². The molecule has 6 heteroatoms. The number of rotatable bonds is 4. The van der Waals surface area contributed by atoms with Crippen LogP contribution in [0.5, 0.6) is 0 Å². The molecule has 0 bridgehead atoms. The minimum atomic E-state index is -0.751. The largest absolute Gasteiger partial charge is 0.340 e. The van der Waals surface area contributed by atoms with Crippen molar-refractivity contribution in [3.05, 3.63) is 59.2 Å². The van der Waals surface area contributed by atoms with Gasteiger partial charge < -0.3 is 16.0 Å². The lowest BCUT2D eigenvalue weighted by molar-refractivity contribution is -0.118. The summed E-state index contributed by atoms with van der Waals surface area (Å²) in [6.07, 6.45) is 0.352. The first kappa shape index (κ1) is 17.7. The second kappa shape index (κ2) is 7.39. The summed E-state index contributed by atoms with van der Waals surface area (Å²) >= 11 is 0. The summed E-state index contributed by atoms with van der Waals surface area (Å²) in [5.41, 5.74) is 3.77. The Morgan fingerprint density at radius 3 is 2.65 bits per heavy atom. The number of amides is 3. The van der Waals surface area contributed by atoms with Gasteiger partial charge in [0.25, 0.3) is 5.91 Å². The number of anilines is 2. The molecule has 0 saturated heterocycles. The maximum absolute atomic E-state index is 12.3. The van der Waals surface area contributed by atoms with Crippen LogP contribution in [0, 0.1) is 13.8 Å². The molecule has 0 fully saturated rings. The number of carbonyl (C=O) groups is 3. The Hall–Kier alpha value is -3.15. The summed E-state index contributed by atoms with van der Waals surface area (Å²) in [6.45, 7) is 3.93. The summed E-state index contributed by atoms with van der Waals surface area (Å²) in [4.78, 5) is 36.9. The summed E-state index contributed by atoms with van der Waals surface area (Å²) in [7, 11) is 0. The molecule has 1 aliphatic rings. The van der Waals surface area contributed by atoms with E-state index >= 15 is 0 Å². The third kappa shape index (κ3) is 3.74. The van der Waals surface area contributed by atoms with Crippen LogP contribution >= 0.6 is 0 Å². The Morgan fingerprint density at radius 1 is 1.08 bits per heavy atom. The first-order chi connectivity index (χ1) is 12.5. The summed E-state index contributed by atoms with van der Waals surface area (Å²) in [6, 6.07) is 11.8. The molecular weight excluding hydrogens is 330 g/mol. The Kier molecular flexibility index (Phi) is 5.02. The smallest absolute Gasteiger partial charge is 0.254 e. The lowest BCUT2D eigenvalue weighted by Gasteiger charge is -2.15. The lowest BCUT2D eigenvalue weighted by Crippen LogP contribution is -2.41. The Bertz CT molecular complexity index is 876. The fourth-order valence-electron chi connectivity index (χ4n) is 2.89. The van der Waals surface area contributed by atoms with Crippen LogP contribution in [-0.4, -0.2) is 23.8 Å². The third-order valence-electron chi connectivity index (χ3n) is 4.59. The highest BCUT2D eigenvalue weighted by molar-refractivity contribution is 6.10. The molecule has 134 valence electrons. The highest BCUT2D eigenvalue weighted by Gasteiger charge is 2.27. The van der Waals surface area contributed by atoms with Crippen LogP contribution in [0.1, 0.15) is 34.3 Å². The molecule has 2 aromatic carbocycles. The molecule has 3 amide bonds. The molecule has 1 unspecified atom stereocenters. The van der Waals surface area contributed by atoms with Crippen LogP contribution in [0.25, 0.3) is 0 Å². The predicted molar refractivity (Wildman–Crippen MR) is 100 cm³/mol. The second-order valence-electron chi connectivity index (χ2n) is 6.40. The van der Waals surface area contributed by atoms with E-state index in [1.165, 1.54) is 0 Å². The van der Waals surface area contributed by atoms with Gasteiger partial charge in [-0.15, -0.1) is 0 Å². The van der Waals surface area contributed by atoms with Crippen molar-refractivity contribution in [1.29, 1.82) is 0 Å². The van der Waals surface area contributed by atoms with Gasteiger partial charge in [-0.2, -0.15) is 0 Å². The molecule has 26 heavy (non-hydrogen) atoms. The fourth-order valence-corrected chi connectivity index (χ4v) is 2.89. The maximum atomic E-state index is 12.3. The van der Waals surface area contributed by atoms with Crippen molar-refractivity contribution in [2.24, 2.45) is 0 Å². The highest BCUT2D eigenvalue weighted by atomic mass is 16.2. The third-order valence-corrected chi connectivity index (χ3v) is 4.59. The molecule has 1 atom stereocenters. The quantitative estimate of drug-likeness (QED) is 0.791. The first-order valence-corrected chi connectivity index (χ1v) is 8.52. The van der Waals surface area contributed by atoms with Gasteiger partial charge in [0.2, 0.25) is 11.8 Å². The normalized spacial score (nSPS) is 16.2. The zero-order valence-electron chi connectivity index (χ0n) is 14.8. The zero-order valence-corrected chi connectivity index (χ0v) is 14.8. The van der Waals surface area contributed by atoms with E-state index in [-0.39, 0.29) is 30.6 Å². The number of fused-ring (bicyclic) bond motifs is 1. The topological polar surface area (TPSA) is 87.3 Å². The Balaban J connectivity index is 1.63. The molecule has 1 aliphatic heterocycles. The van der Waals surface area contributed by atoms with Crippen molar-refractivity contribution >= 4 is 29.1 Å². The van der Waals surface area contributed by atoms with Crippen LogP contribution in [0.3, 0.4) is 0 Å². The van der Waals surface area contributed by atoms with Crippen LogP contribution in [0.15, 0.2) is 42.5 Å². The van der Waals surface area contributed by atoms with Gasteiger partial charge >= 0.3 is 0 Å². The highest BCUT2D eigenvalue weighted by Crippen LogP contribution is 2.20. The number of para-hydroxylation sites is 1. The van der Waals surface area contributed by atoms with E-state index in [0.29, 0.717) is 11.3 Å². The molecule has 2 aromatic rings. The summed E-state index contributed by atoms with van der Waals surface area (Å²) in [5, 5.41) is 8.30. The van der Waals surface area contributed by atoms with Gasteiger partial charge in [-0.25, -0.2) is 0 Å². The number of nitrogens with one attached hydrogen (secondary N) is 3. The summed E-state index contributed by atoms with van der Waals surface area (Å²) < 4.78 is 0. The second-order valence-corrected chi connectivity index (χ2v) is 6.40. The monoisotopic (exact) mass is 351 g/mol. The van der Waals surface area contributed by atoms with E-state index in [1.54, 1.807) is 24.3 Å². The number of aryl methyl sites for hydroxylation is 1. The molecular formula is C20H21N3O3. The van der Waals surface area contributed by atoms with E-state index < -0.39 is 6.04 Å². The minimum absolute atomic E-state index is 0.127. The van der Waals surface area contributed by atoms with Crippen LogP contribution < -0.4 is 16.0 Å². The van der Waals surface area contributed by atoms with Crippen LogP contribution in [-0.2, 0) is 9.59 Å². The van der Waals surface area contributed by atoms with Gasteiger partial charge in [-0.1, -0.05) is 24.3 Å². The molecule has 3 rings (SSSR count). The standard InChI is InChI=1S/C20H21N3O3/c1-12-6-5-9-15(13(12)2)21-18(24)11-10-17-20(26)22-16-8-4-3-7-14(16)19(25)23-17/h3-9,17H,10-11H2,1-2H3,(H,21,24)(H,22,26)(H,23,25). The number of carbonyl (C=O) groups excluding carboxylic acids is 3. The van der Waals surface area contributed by atoms with Gasteiger partial charge in [0.1, 0.15) is 6.04 Å². The van der Waals surface area contributed by atoms with Gasteiger partial charge in [0.15, 0.2) is 0 Å². The zero-order chi connectivity index (χ0) is 18.7. The van der Waals surface area contributed by atoms with Gasteiger partial charge in [0.05, 0.1) is 11.3 Å². The molecule has 6 nitrogen and oxygen atoms in total. The Morgan fingerprint density at radius 2 is 1.85 bits per heavy atom.